The van der Waals surface area contributed by atoms with Gasteiger partial charge in [-0.3, -0.25) is 0 Å². The van der Waals surface area contributed by atoms with Crippen molar-refractivity contribution in [1.29, 1.82) is 0 Å². The monoisotopic (exact) mass is 298 g/mol. The molecule has 1 unspecified atom stereocenters. The van der Waals surface area contributed by atoms with Crippen LogP contribution in [0, 0.1) is 0 Å². The maximum atomic E-state index is 5.91. The molecule has 1 aromatic carbocycles. The van der Waals surface area contributed by atoms with Crippen LogP contribution in [-0.2, 0) is 0 Å². The lowest BCUT2D eigenvalue weighted by atomic mass is 10.1. The lowest BCUT2D eigenvalue weighted by Gasteiger charge is -2.12. The average molecular weight is 299 g/mol. The summed E-state index contributed by atoms with van der Waals surface area (Å²) in [6.45, 7) is 1.75. The third kappa shape index (κ3) is 2.65. The zero-order chi connectivity index (χ0) is 14.7. The van der Waals surface area contributed by atoms with Crippen molar-refractivity contribution in [3.05, 3.63) is 18.0 Å². The number of ether oxygens (including phenoxy) is 3. The molecule has 108 valence electrons. The highest BCUT2D eigenvalue weighted by Crippen LogP contribution is 2.39. The van der Waals surface area contributed by atoms with Crippen LogP contribution >= 0.6 is 11.6 Å². The van der Waals surface area contributed by atoms with E-state index in [-0.39, 0.29) is 5.38 Å². The SMILES string of the molecule is COc1cc(OC)c(-c2nnc(C(C)Cl)o2)cc1OC. The highest BCUT2D eigenvalue weighted by molar-refractivity contribution is 6.20. The summed E-state index contributed by atoms with van der Waals surface area (Å²) in [7, 11) is 4.65. The molecule has 0 N–H and O–H groups in total. The predicted octanol–water partition coefficient (Wildman–Crippen LogP) is 3.06. The fourth-order valence-corrected chi connectivity index (χ4v) is 1.79. The van der Waals surface area contributed by atoms with Crippen molar-refractivity contribution in [3.63, 3.8) is 0 Å². The molecule has 1 heterocycles. The number of methoxy groups -OCH3 is 3. The molecule has 20 heavy (non-hydrogen) atoms. The van der Waals surface area contributed by atoms with Crippen LogP contribution in [-0.4, -0.2) is 31.5 Å². The number of rotatable bonds is 5. The summed E-state index contributed by atoms with van der Waals surface area (Å²) in [5.41, 5.74) is 0.612. The van der Waals surface area contributed by atoms with Gasteiger partial charge in [0.05, 0.1) is 26.9 Å². The molecule has 0 saturated carbocycles. The van der Waals surface area contributed by atoms with E-state index in [1.165, 1.54) is 0 Å². The molecule has 1 aromatic heterocycles. The minimum atomic E-state index is -0.359. The van der Waals surface area contributed by atoms with E-state index >= 15 is 0 Å². The molecule has 0 amide bonds. The molecule has 2 rings (SSSR count). The van der Waals surface area contributed by atoms with Crippen LogP contribution in [0.1, 0.15) is 18.2 Å². The van der Waals surface area contributed by atoms with Crippen LogP contribution in [0.4, 0.5) is 0 Å². The Morgan fingerprint density at radius 2 is 1.60 bits per heavy atom. The van der Waals surface area contributed by atoms with Crippen molar-refractivity contribution >= 4 is 11.6 Å². The summed E-state index contributed by atoms with van der Waals surface area (Å²) >= 11 is 5.91. The summed E-state index contributed by atoms with van der Waals surface area (Å²) in [5, 5.41) is 7.50. The topological polar surface area (TPSA) is 66.6 Å². The van der Waals surface area contributed by atoms with Crippen molar-refractivity contribution < 1.29 is 18.6 Å². The quantitative estimate of drug-likeness (QED) is 0.790. The van der Waals surface area contributed by atoms with Gasteiger partial charge in [-0.15, -0.1) is 21.8 Å². The van der Waals surface area contributed by atoms with Gasteiger partial charge >= 0.3 is 0 Å². The van der Waals surface area contributed by atoms with Gasteiger partial charge in [0.15, 0.2) is 11.5 Å². The number of nitrogens with zero attached hydrogens (tertiary/aromatic N) is 2. The number of hydrogen-bond acceptors (Lipinski definition) is 6. The Balaban J connectivity index is 2.53. The molecule has 2 aromatic rings. The number of alkyl halides is 1. The van der Waals surface area contributed by atoms with Crippen molar-refractivity contribution in [2.45, 2.75) is 12.3 Å². The Morgan fingerprint density at radius 3 is 2.10 bits per heavy atom. The lowest BCUT2D eigenvalue weighted by Crippen LogP contribution is -1.95. The molecule has 0 aliphatic carbocycles. The Bertz CT molecular complexity index is 598. The molecule has 0 spiro atoms. The molecule has 1 atom stereocenters. The smallest absolute Gasteiger partial charge is 0.251 e. The maximum Gasteiger partial charge on any atom is 0.251 e. The molecular formula is C13H15ClN2O4. The van der Waals surface area contributed by atoms with Gasteiger partial charge in [0.2, 0.25) is 5.89 Å². The molecule has 0 fully saturated rings. The van der Waals surface area contributed by atoms with Gasteiger partial charge in [-0.2, -0.15) is 0 Å². The molecule has 6 nitrogen and oxygen atoms in total. The summed E-state index contributed by atoms with van der Waals surface area (Å²) in [6.07, 6.45) is 0. The minimum Gasteiger partial charge on any atom is -0.496 e. The molecular weight excluding hydrogens is 284 g/mol. The molecule has 0 radical (unpaired) electrons. The summed E-state index contributed by atoms with van der Waals surface area (Å²) in [5.74, 6) is 2.30. The van der Waals surface area contributed by atoms with Crippen LogP contribution in [0.15, 0.2) is 16.5 Å². The van der Waals surface area contributed by atoms with Gasteiger partial charge in [0, 0.05) is 12.1 Å². The van der Waals surface area contributed by atoms with E-state index in [0.29, 0.717) is 34.6 Å². The molecule has 0 saturated heterocycles. The second-order valence-electron chi connectivity index (χ2n) is 3.97. The number of halogens is 1. The van der Waals surface area contributed by atoms with Crippen LogP contribution < -0.4 is 14.2 Å². The first-order valence-corrected chi connectivity index (χ1v) is 6.32. The molecule has 0 aliphatic rings. The van der Waals surface area contributed by atoms with Crippen molar-refractivity contribution in [3.8, 4) is 28.7 Å². The normalized spacial score (nSPS) is 12.1. The highest BCUT2D eigenvalue weighted by Gasteiger charge is 2.19. The summed E-state index contributed by atoms with van der Waals surface area (Å²) in [6, 6.07) is 3.41. The maximum absolute atomic E-state index is 5.91. The zero-order valence-corrected chi connectivity index (χ0v) is 12.4. The van der Waals surface area contributed by atoms with Crippen LogP contribution in [0.3, 0.4) is 0 Å². The van der Waals surface area contributed by atoms with E-state index in [9.17, 15) is 0 Å². The minimum absolute atomic E-state index is 0.310. The van der Waals surface area contributed by atoms with Gasteiger partial charge in [0.1, 0.15) is 11.1 Å². The standard InChI is InChI=1S/C13H15ClN2O4/c1-7(14)12-15-16-13(20-12)8-5-10(18-3)11(19-4)6-9(8)17-2/h5-7H,1-4H3. The van der Waals surface area contributed by atoms with Crippen molar-refractivity contribution in [1.82, 2.24) is 10.2 Å². The number of hydrogen-bond donors (Lipinski definition) is 0. The van der Waals surface area contributed by atoms with Gasteiger partial charge in [-0.05, 0) is 6.92 Å². The summed E-state index contributed by atoms with van der Waals surface area (Å²) < 4.78 is 21.3. The third-order valence-corrected chi connectivity index (χ3v) is 2.90. The Labute approximate surface area is 121 Å². The van der Waals surface area contributed by atoms with E-state index in [1.54, 1.807) is 40.4 Å². The average Bonchev–Trinajstić information content (AvgIpc) is 2.95. The number of aromatic nitrogens is 2. The van der Waals surface area contributed by atoms with Gasteiger partial charge < -0.3 is 18.6 Å². The first-order chi connectivity index (χ1) is 9.60. The van der Waals surface area contributed by atoms with Gasteiger partial charge in [-0.1, -0.05) is 0 Å². The Kier molecular flexibility index (Phi) is 4.34. The van der Waals surface area contributed by atoms with Crippen LogP contribution in [0.2, 0.25) is 0 Å². The van der Waals surface area contributed by atoms with E-state index in [0.717, 1.165) is 0 Å². The highest BCUT2D eigenvalue weighted by atomic mass is 35.5. The molecule has 0 aliphatic heterocycles. The van der Waals surface area contributed by atoms with E-state index < -0.39 is 0 Å². The Morgan fingerprint density at radius 1 is 1.00 bits per heavy atom. The van der Waals surface area contributed by atoms with Crippen LogP contribution in [0.25, 0.3) is 11.5 Å². The first kappa shape index (κ1) is 14.5. The second kappa shape index (κ2) is 6.00. The van der Waals surface area contributed by atoms with E-state index in [2.05, 4.69) is 10.2 Å². The van der Waals surface area contributed by atoms with Gasteiger partial charge in [0.25, 0.3) is 5.89 Å². The summed E-state index contributed by atoms with van der Waals surface area (Å²) in [4.78, 5) is 0. The van der Waals surface area contributed by atoms with Gasteiger partial charge in [-0.25, -0.2) is 0 Å². The van der Waals surface area contributed by atoms with Crippen LogP contribution in [0.5, 0.6) is 17.2 Å². The largest absolute Gasteiger partial charge is 0.496 e. The first-order valence-electron chi connectivity index (χ1n) is 5.88. The fourth-order valence-electron chi connectivity index (χ4n) is 1.70. The third-order valence-electron chi connectivity index (χ3n) is 2.72. The second-order valence-corrected chi connectivity index (χ2v) is 4.62. The van der Waals surface area contributed by atoms with E-state index in [4.69, 9.17) is 30.2 Å². The predicted molar refractivity (Wildman–Crippen MR) is 73.7 cm³/mol. The number of benzene rings is 1. The molecule has 0 bridgehead atoms. The zero-order valence-electron chi connectivity index (χ0n) is 11.6. The van der Waals surface area contributed by atoms with E-state index in [1.807, 2.05) is 0 Å². The Hall–Kier alpha value is -1.95. The van der Waals surface area contributed by atoms with Crippen molar-refractivity contribution in [2.24, 2.45) is 0 Å². The lowest BCUT2D eigenvalue weighted by molar-refractivity contribution is 0.349. The van der Waals surface area contributed by atoms with Crippen molar-refractivity contribution in [2.75, 3.05) is 21.3 Å². The molecule has 7 heteroatoms. The fraction of sp³-hybridized carbons (Fsp3) is 0.385.